The zero-order valence-corrected chi connectivity index (χ0v) is 20.9. The Hall–Kier alpha value is -4.17. The van der Waals surface area contributed by atoms with E-state index in [4.69, 9.17) is 0 Å². The summed E-state index contributed by atoms with van der Waals surface area (Å²) in [6.07, 6.45) is -4.24. The average Bonchev–Trinajstić information content (AvgIpc) is 2.87. The Morgan fingerprint density at radius 2 is 1.82 bits per heavy atom. The molecule has 198 valence electrons. The number of anilines is 2. The quantitative estimate of drug-likeness (QED) is 0.474. The van der Waals surface area contributed by atoms with Gasteiger partial charge in [0.15, 0.2) is 0 Å². The summed E-state index contributed by atoms with van der Waals surface area (Å²) in [7, 11) is 1.97. The van der Waals surface area contributed by atoms with E-state index in [1.54, 1.807) is 18.2 Å². The van der Waals surface area contributed by atoms with Gasteiger partial charge < -0.3 is 15.2 Å². The summed E-state index contributed by atoms with van der Waals surface area (Å²) in [5.41, 5.74) is -2.04. The molecule has 1 aliphatic rings. The van der Waals surface area contributed by atoms with Gasteiger partial charge in [-0.25, -0.2) is 4.39 Å². The average molecular weight is 528 g/mol. The molecule has 1 amide bonds. The standard InChI is InChI=1S/C27H25F4N5O2/c1-15-13-36(14-16(2)35(15)3)24-10-22(28)19(18-6-4-5-17(7-18)11-32)8-23(24)34-26(38)20-12-33-25(37)9-21(20)27(29,30)31/h4-10,12,15-16H,13-14H2,1-3H3,(H,33,37)(H,34,38)/t15-,16+. The maximum absolute atomic E-state index is 15.5. The first-order valence-corrected chi connectivity index (χ1v) is 11.8. The molecule has 38 heavy (non-hydrogen) atoms. The molecule has 4 rings (SSSR count). The fraction of sp³-hybridized carbons (Fsp3) is 0.296. The molecule has 2 aromatic carbocycles. The summed E-state index contributed by atoms with van der Waals surface area (Å²) in [5, 5.41) is 11.8. The van der Waals surface area contributed by atoms with E-state index in [-0.39, 0.29) is 23.3 Å². The molecule has 0 unspecified atom stereocenters. The fourth-order valence-electron chi connectivity index (χ4n) is 4.59. The van der Waals surface area contributed by atoms with Gasteiger partial charge in [0, 0.05) is 43.0 Å². The highest BCUT2D eigenvalue weighted by molar-refractivity contribution is 6.07. The minimum atomic E-state index is -4.95. The molecule has 0 saturated carbocycles. The number of pyridine rings is 1. The normalized spacial score (nSPS) is 18.2. The molecule has 0 spiro atoms. The second-order valence-corrected chi connectivity index (χ2v) is 9.39. The molecule has 0 aliphatic carbocycles. The first kappa shape index (κ1) is 26.9. The molecule has 1 aliphatic heterocycles. The van der Waals surface area contributed by atoms with E-state index in [1.165, 1.54) is 18.2 Å². The van der Waals surface area contributed by atoms with E-state index in [2.05, 4.69) is 15.2 Å². The van der Waals surface area contributed by atoms with Gasteiger partial charge in [0.25, 0.3) is 5.91 Å². The van der Waals surface area contributed by atoms with E-state index in [0.29, 0.717) is 42.2 Å². The summed E-state index contributed by atoms with van der Waals surface area (Å²) in [6, 6.07) is 11.3. The van der Waals surface area contributed by atoms with Crippen molar-refractivity contribution >= 4 is 17.3 Å². The lowest BCUT2D eigenvalue weighted by molar-refractivity contribution is -0.138. The number of nitrogens with zero attached hydrogens (tertiary/aromatic N) is 3. The van der Waals surface area contributed by atoms with E-state index >= 15 is 4.39 Å². The van der Waals surface area contributed by atoms with Gasteiger partial charge >= 0.3 is 6.18 Å². The lowest BCUT2D eigenvalue weighted by atomic mass is 10.00. The lowest BCUT2D eigenvalue weighted by Gasteiger charge is -2.44. The SMILES string of the molecule is C[C@@H]1CN(c2cc(F)c(-c3cccc(C#N)c3)cc2NC(=O)c2c[nH]c(=O)cc2C(F)(F)F)C[C@H](C)N1C. The Labute approximate surface area is 216 Å². The summed E-state index contributed by atoms with van der Waals surface area (Å²) < 4.78 is 56.3. The predicted molar refractivity (Wildman–Crippen MR) is 135 cm³/mol. The number of rotatable bonds is 4. The van der Waals surface area contributed by atoms with Crippen molar-refractivity contribution in [1.29, 1.82) is 5.26 Å². The number of nitriles is 1. The van der Waals surface area contributed by atoms with Crippen LogP contribution in [0.1, 0.15) is 35.3 Å². The number of aromatic nitrogens is 1. The third kappa shape index (κ3) is 5.40. The highest BCUT2D eigenvalue weighted by atomic mass is 19.4. The Morgan fingerprint density at radius 1 is 1.13 bits per heavy atom. The van der Waals surface area contributed by atoms with Crippen molar-refractivity contribution in [3.63, 3.8) is 0 Å². The number of nitrogens with one attached hydrogen (secondary N) is 2. The Morgan fingerprint density at radius 3 is 2.45 bits per heavy atom. The van der Waals surface area contributed by atoms with Crippen LogP contribution in [0.15, 0.2) is 53.5 Å². The van der Waals surface area contributed by atoms with E-state index < -0.39 is 34.6 Å². The van der Waals surface area contributed by atoms with Crippen molar-refractivity contribution in [2.24, 2.45) is 0 Å². The van der Waals surface area contributed by atoms with Crippen LogP contribution in [0.3, 0.4) is 0 Å². The second kappa shape index (κ2) is 10.3. The smallest absolute Gasteiger partial charge is 0.367 e. The van der Waals surface area contributed by atoms with Crippen molar-refractivity contribution in [1.82, 2.24) is 9.88 Å². The van der Waals surface area contributed by atoms with Gasteiger partial charge in [-0.2, -0.15) is 18.4 Å². The van der Waals surface area contributed by atoms with Crippen LogP contribution < -0.4 is 15.8 Å². The summed E-state index contributed by atoms with van der Waals surface area (Å²) in [5.74, 6) is -1.74. The van der Waals surface area contributed by atoms with Crippen LogP contribution in [0, 0.1) is 17.1 Å². The van der Waals surface area contributed by atoms with Gasteiger partial charge in [0.1, 0.15) is 5.82 Å². The molecule has 2 atom stereocenters. The first-order valence-electron chi connectivity index (χ1n) is 11.8. The van der Waals surface area contributed by atoms with Crippen molar-refractivity contribution in [3.8, 4) is 17.2 Å². The van der Waals surface area contributed by atoms with Crippen LogP contribution >= 0.6 is 0 Å². The lowest BCUT2D eigenvalue weighted by Crippen LogP contribution is -2.55. The summed E-state index contributed by atoms with van der Waals surface area (Å²) in [4.78, 5) is 30.8. The monoisotopic (exact) mass is 527 g/mol. The maximum atomic E-state index is 15.5. The topological polar surface area (TPSA) is 92.2 Å². The summed E-state index contributed by atoms with van der Waals surface area (Å²) >= 11 is 0. The molecule has 2 N–H and O–H groups in total. The van der Waals surface area contributed by atoms with E-state index in [0.717, 1.165) is 0 Å². The highest BCUT2D eigenvalue weighted by Crippen LogP contribution is 2.37. The number of aromatic amines is 1. The Balaban J connectivity index is 1.83. The molecule has 7 nitrogen and oxygen atoms in total. The number of carbonyl (C=O) groups excluding carboxylic acids is 1. The zero-order valence-electron chi connectivity index (χ0n) is 20.9. The molecule has 11 heteroatoms. The molecule has 1 fully saturated rings. The number of benzene rings is 2. The molecule has 0 radical (unpaired) electrons. The fourth-order valence-corrected chi connectivity index (χ4v) is 4.59. The number of amides is 1. The molecular formula is C27H25F4N5O2. The molecule has 3 aromatic rings. The maximum Gasteiger partial charge on any atom is 0.417 e. The molecule has 1 aromatic heterocycles. The number of H-pyrrole nitrogens is 1. The van der Waals surface area contributed by atoms with Gasteiger partial charge in [-0.1, -0.05) is 12.1 Å². The minimum Gasteiger partial charge on any atom is -0.367 e. The number of alkyl halides is 3. The first-order chi connectivity index (χ1) is 17.9. The third-order valence-corrected chi connectivity index (χ3v) is 6.81. The molecule has 0 bridgehead atoms. The van der Waals surface area contributed by atoms with Crippen LogP contribution in [0.4, 0.5) is 28.9 Å². The minimum absolute atomic E-state index is 0.0638. The van der Waals surface area contributed by atoms with Gasteiger partial charge in [-0.15, -0.1) is 0 Å². The van der Waals surface area contributed by atoms with E-state index in [9.17, 15) is 28.0 Å². The van der Waals surface area contributed by atoms with Gasteiger partial charge in [-0.3, -0.25) is 14.5 Å². The van der Waals surface area contributed by atoms with Gasteiger partial charge in [0.2, 0.25) is 5.56 Å². The number of hydrogen-bond acceptors (Lipinski definition) is 5. The molecule has 2 heterocycles. The molecular weight excluding hydrogens is 502 g/mol. The number of halogens is 4. The summed E-state index contributed by atoms with van der Waals surface area (Å²) in [6.45, 7) is 4.96. The van der Waals surface area contributed by atoms with Crippen molar-refractivity contribution in [2.75, 3.05) is 30.4 Å². The van der Waals surface area contributed by atoms with Crippen LogP contribution in [-0.2, 0) is 6.18 Å². The van der Waals surface area contributed by atoms with Crippen LogP contribution in [-0.4, -0.2) is 48.0 Å². The Bertz CT molecular complexity index is 1470. The number of carbonyl (C=O) groups is 1. The second-order valence-electron chi connectivity index (χ2n) is 9.39. The Kier molecular flexibility index (Phi) is 7.29. The number of hydrogen-bond donors (Lipinski definition) is 2. The van der Waals surface area contributed by atoms with Gasteiger partial charge in [-0.05, 0) is 50.7 Å². The van der Waals surface area contributed by atoms with Crippen molar-refractivity contribution < 1.29 is 22.4 Å². The third-order valence-electron chi connectivity index (χ3n) is 6.81. The van der Waals surface area contributed by atoms with Gasteiger partial charge in [0.05, 0.1) is 34.1 Å². The van der Waals surface area contributed by atoms with Crippen LogP contribution in [0.25, 0.3) is 11.1 Å². The van der Waals surface area contributed by atoms with Crippen molar-refractivity contribution in [3.05, 3.63) is 81.5 Å². The number of likely N-dealkylation sites (N-methyl/N-ethyl adjacent to an activating group) is 1. The molecule has 1 saturated heterocycles. The zero-order chi connectivity index (χ0) is 27.8. The van der Waals surface area contributed by atoms with Crippen LogP contribution in [0.5, 0.6) is 0 Å². The van der Waals surface area contributed by atoms with Crippen LogP contribution in [0.2, 0.25) is 0 Å². The highest BCUT2D eigenvalue weighted by Gasteiger charge is 2.36. The number of piperazine rings is 1. The van der Waals surface area contributed by atoms with Crippen molar-refractivity contribution in [2.45, 2.75) is 32.1 Å². The van der Waals surface area contributed by atoms with E-state index in [1.807, 2.05) is 31.9 Å². The predicted octanol–water partition coefficient (Wildman–Crippen LogP) is 4.85. The largest absolute Gasteiger partial charge is 0.417 e.